The number of ether oxygens (including phenoxy) is 2. The second-order valence-corrected chi connectivity index (χ2v) is 7.78. The quantitative estimate of drug-likeness (QED) is 0.643. The van der Waals surface area contributed by atoms with E-state index in [1.165, 1.54) is 16.7 Å². The molecule has 1 amide bonds. The summed E-state index contributed by atoms with van der Waals surface area (Å²) in [6.07, 6.45) is 0.822. The van der Waals surface area contributed by atoms with Gasteiger partial charge in [-0.2, -0.15) is 0 Å². The zero-order valence-corrected chi connectivity index (χ0v) is 18.1. The molecule has 1 aliphatic heterocycles. The molecule has 0 fully saturated rings. The molecular formula is C26H29N2O3+. The highest BCUT2D eigenvalue weighted by molar-refractivity contribution is 5.77. The summed E-state index contributed by atoms with van der Waals surface area (Å²) in [7, 11) is 3.28. The lowest BCUT2D eigenvalue weighted by Crippen LogP contribution is -2.87. The average Bonchev–Trinajstić information content (AvgIpc) is 2.84. The third-order valence-electron chi connectivity index (χ3n) is 5.92. The molecule has 2 N–H and O–H groups in total. The Morgan fingerprint density at radius 1 is 0.903 bits per heavy atom. The standard InChI is InChI=1S/C26H28N2O3/c1-30-23-15-21-13-14-28(18-22(21)16-24(23)31-2)25(29)17-27-26(19-9-5-3-6-10-19)20-11-7-4-8-12-20/h3-12,15-16,26-27H,13-14,17-18H2,1-2H3/p+1. The normalized spacial score (nSPS) is 13.1. The number of benzene rings is 3. The smallest absolute Gasteiger partial charge is 0.278 e. The predicted octanol–water partition coefficient (Wildman–Crippen LogP) is 2.94. The van der Waals surface area contributed by atoms with Gasteiger partial charge in [-0.05, 0) is 29.7 Å². The van der Waals surface area contributed by atoms with Crippen molar-refractivity contribution in [2.24, 2.45) is 0 Å². The van der Waals surface area contributed by atoms with Crippen LogP contribution >= 0.6 is 0 Å². The van der Waals surface area contributed by atoms with Crippen molar-refractivity contribution in [2.45, 2.75) is 19.0 Å². The van der Waals surface area contributed by atoms with Crippen molar-refractivity contribution in [2.75, 3.05) is 27.3 Å². The Morgan fingerprint density at radius 2 is 1.45 bits per heavy atom. The zero-order valence-electron chi connectivity index (χ0n) is 18.1. The Labute approximate surface area is 183 Å². The van der Waals surface area contributed by atoms with Crippen molar-refractivity contribution in [3.63, 3.8) is 0 Å². The molecule has 0 saturated heterocycles. The minimum Gasteiger partial charge on any atom is -0.493 e. The first-order valence-electron chi connectivity index (χ1n) is 10.6. The minimum absolute atomic E-state index is 0.0905. The number of nitrogens with two attached hydrogens (primary N) is 1. The lowest BCUT2D eigenvalue weighted by Gasteiger charge is -2.29. The van der Waals surface area contributed by atoms with Gasteiger partial charge >= 0.3 is 0 Å². The summed E-state index contributed by atoms with van der Waals surface area (Å²) in [6, 6.07) is 24.8. The Balaban J connectivity index is 1.47. The van der Waals surface area contributed by atoms with E-state index in [1.54, 1.807) is 14.2 Å². The maximum absolute atomic E-state index is 13.1. The van der Waals surface area contributed by atoms with Crippen LogP contribution < -0.4 is 14.8 Å². The van der Waals surface area contributed by atoms with E-state index in [9.17, 15) is 4.79 Å². The van der Waals surface area contributed by atoms with Gasteiger partial charge in [0.25, 0.3) is 5.91 Å². The Bertz CT molecular complexity index is 982. The lowest BCUT2D eigenvalue weighted by molar-refractivity contribution is -0.677. The van der Waals surface area contributed by atoms with E-state index < -0.39 is 0 Å². The first kappa shape index (κ1) is 20.9. The number of rotatable bonds is 7. The van der Waals surface area contributed by atoms with Crippen LogP contribution in [0.3, 0.4) is 0 Å². The summed E-state index contributed by atoms with van der Waals surface area (Å²) in [6.45, 7) is 1.72. The number of nitrogens with zero attached hydrogens (tertiary/aromatic N) is 1. The van der Waals surface area contributed by atoms with Crippen LogP contribution in [0.25, 0.3) is 0 Å². The van der Waals surface area contributed by atoms with Crippen LogP contribution in [0.2, 0.25) is 0 Å². The summed E-state index contributed by atoms with van der Waals surface area (Å²) in [5.74, 6) is 1.59. The summed E-state index contributed by atoms with van der Waals surface area (Å²) in [5.41, 5.74) is 4.74. The van der Waals surface area contributed by atoms with E-state index in [1.807, 2.05) is 53.4 Å². The molecule has 3 aromatic carbocycles. The van der Waals surface area contributed by atoms with E-state index in [0.29, 0.717) is 18.8 Å². The third kappa shape index (κ3) is 4.72. The highest BCUT2D eigenvalue weighted by Gasteiger charge is 2.25. The molecule has 5 nitrogen and oxygen atoms in total. The van der Waals surface area contributed by atoms with Crippen molar-refractivity contribution in [3.8, 4) is 11.5 Å². The number of fused-ring (bicyclic) bond motifs is 1. The number of quaternary nitrogens is 1. The molecule has 160 valence electrons. The third-order valence-corrected chi connectivity index (χ3v) is 5.92. The number of amides is 1. The van der Waals surface area contributed by atoms with E-state index in [-0.39, 0.29) is 11.9 Å². The lowest BCUT2D eigenvalue weighted by atomic mass is 9.98. The van der Waals surface area contributed by atoms with Crippen LogP contribution in [0.15, 0.2) is 72.8 Å². The number of carbonyl (C=O) groups excluding carboxylic acids is 1. The van der Waals surface area contributed by atoms with Crippen molar-refractivity contribution in [1.82, 2.24) is 4.90 Å². The second-order valence-electron chi connectivity index (χ2n) is 7.78. The summed E-state index contributed by atoms with van der Waals surface area (Å²) in [4.78, 5) is 15.0. The Kier molecular flexibility index (Phi) is 6.53. The van der Waals surface area contributed by atoms with Gasteiger partial charge in [-0.3, -0.25) is 4.79 Å². The van der Waals surface area contributed by atoms with Gasteiger partial charge in [-0.1, -0.05) is 60.7 Å². The van der Waals surface area contributed by atoms with Crippen LogP contribution in [-0.2, 0) is 17.8 Å². The van der Waals surface area contributed by atoms with Crippen LogP contribution in [0.1, 0.15) is 28.3 Å². The molecule has 0 unspecified atom stereocenters. The van der Waals surface area contributed by atoms with E-state index in [4.69, 9.17) is 9.47 Å². The highest BCUT2D eigenvalue weighted by atomic mass is 16.5. The van der Waals surface area contributed by atoms with E-state index >= 15 is 0 Å². The van der Waals surface area contributed by atoms with Crippen molar-refractivity contribution < 1.29 is 19.6 Å². The first-order valence-corrected chi connectivity index (χ1v) is 10.6. The van der Waals surface area contributed by atoms with Crippen LogP contribution in [0.4, 0.5) is 0 Å². The summed E-state index contributed by atoms with van der Waals surface area (Å²) in [5, 5.41) is 2.14. The molecule has 4 rings (SSSR count). The van der Waals surface area contributed by atoms with Gasteiger partial charge < -0.3 is 19.7 Å². The molecular weight excluding hydrogens is 388 g/mol. The summed E-state index contributed by atoms with van der Waals surface area (Å²) < 4.78 is 10.9. The van der Waals surface area contributed by atoms with Gasteiger partial charge in [0.2, 0.25) is 0 Å². The van der Waals surface area contributed by atoms with Gasteiger partial charge in [0.1, 0.15) is 6.04 Å². The van der Waals surface area contributed by atoms with Gasteiger partial charge in [0, 0.05) is 24.2 Å². The van der Waals surface area contributed by atoms with Crippen molar-refractivity contribution in [3.05, 3.63) is 95.1 Å². The predicted molar refractivity (Wildman–Crippen MR) is 120 cm³/mol. The molecule has 5 heteroatoms. The van der Waals surface area contributed by atoms with Gasteiger partial charge in [-0.25, -0.2) is 0 Å². The second kappa shape index (κ2) is 9.67. The van der Waals surface area contributed by atoms with Gasteiger partial charge in [0.05, 0.1) is 14.2 Å². The van der Waals surface area contributed by atoms with Crippen LogP contribution in [0.5, 0.6) is 11.5 Å². The van der Waals surface area contributed by atoms with Crippen molar-refractivity contribution >= 4 is 5.91 Å². The fourth-order valence-electron chi connectivity index (χ4n) is 4.23. The number of carbonyl (C=O) groups is 1. The summed E-state index contributed by atoms with van der Waals surface area (Å²) >= 11 is 0. The molecule has 31 heavy (non-hydrogen) atoms. The monoisotopic (exact) mass is 417 g/mol. The number of hydrogen-bond donors (Lipinski definition) is 1. The molecule has 0 bridgehead atoms. The molecule has 0 saturated carbocycles. The molecule has 0 aliphatic carbocycles. The Hall–Kier alpha value is -3.31. The molecule has 0 atom stereocenters. The van der Waals surface area contributed by atoms with Crippen LogP contribution in [0, 0.1) is 0 Å². The SMILES string of the molecule is COc1cc2c(cc1OC)CN(C(=O)C[NH2+]C(c1ccccc1)c1ccccc1)CC2. The van der Waals surface area contributed by atoms with E-state index in [0.717, 1.165) is 24.3 Å². The topological polar surface area (TPSA) is 55.4 Å². The zero-order chi connectivity index (χ0) is 21.6. The van der Waals surface area contributed by atoms with Crippen molar-refractivity contribution in [1.29, 1.82) is 0 Å². The average molecular weight is 418 g/mol. The first-order chi connectivity index (χ1) is 15.2. The van der Waals surface area contributed by atoms with Gasteiger partial charge in [0.15, 0.2) is 18.0 Å². The maximum Gasteiger partial charge on any atom is 0.278 e. The van der Waals surface area contributed by atoms with E-state index in [2.05, 4.69) is 29.6 Å². The highest BCUT2D eigenvalue weighted by Crippen LogP contribution is 2.33. The molecule has 0 radical (unpaired) electrons. The van der Waals surface area contributed by atoms with Gasteiger partial charge in [-0.15, -0.1) is 0 Å². The number of methoxy groups -OCH3 is 2. The molecule has 1 aliphatic rings. The molecule has 0 spiro atoms. The number of hydrogen-bond acceptors (Lipinski definition) is 3. The Morgan fingerprint density at radius 3 is 2.00 bits per heavy atom. The molecule has 1 heterocycles. The van der Waals surface area contributed by atoms with Crippen LogP contribution in [-0.4, -0.2) is 38.1 Å². The largest absolute Gasteiger partial charge is 0.493 e. The maximum atomic E-state index is 13.1. The molecule has 3 aromatic rings. The minimum atomic E-state index is 0.0905. The fourth-order valence-corrected chi connectivity index (χ4v) is 4.23. The fraction of sp³-hybridized carbons (Fsp3) is 0.269. The molecule has 0 aromatic heterocycles.